The van der Waals surface area contributed by atoms with Crippen LogP contribution in [-0.4, -0.2) is 18.1 Å². The second-order valence-corrected chi connectivity index (χ2v) is 4.92. The highest BCUT2D eigenvalue weighted by Gasteiger charge is 2.01. The summed E-state index contributed by atoms with van der Waals surface area (Å²) in [6, 6.07) is 1.99. The first-order valence-corrected chi connectivity index (χ1v) is 6.56. The minimum atomic E-state index is 0.700. The van der Waals surface area contributed by atoms with Gasteiger partial charge in [0, 0.05) is 21.7 Å². The molecule has 0 saturated heterocycles. The highest BCUT2D eigenvalue weighted by atomic mass is 79.9. The van der Waals surface area contributed by atoms with Crippen molar-refractivity contribution in [3.63, 3.8) is 0 Å². The van der Waals surface area contributed by atoms with Crippen molar-refractivity contribution in [1.29, 1.82) is 0 Å². The molecule has 0 atom stereocenters. The Morgan fingerprint density at radius 1 is 1.50 bits per heavy atom. The molecule has 1 heterocycles. The van der Waals surface area contributed by atoms with Crippen LogP contribution < -0.4 is 5.32 Å². The van der Waals surface area contributed by atoms with Crippen molar-refractivity contribution in [2.24, 2.45) is 0 Å². The first kappa shape index (κ1) is 13.7. The zero-order valence-electron chi connectivity index (χ0n) is 8.88. The Bertz CT molecular complexity index is 345. The van der Waals surface area contributed by atoms with Crippen molar-refractivity contribution in [2.45, 2.75) is 13.0 Å². The molecular weight excluding hydrogens is 336 g/mol. The van der Waals surface area contributed by atoms with Crippen LogP contribution in [0.25, 0.3) is 0 Å². The minimum absolute atomic E-state index is 0.700. The van der Waals surface area contributed by atoms with Gasteiger partial charge in [0.05, 0.1) is 18.6 Å². The molecule has 16 heavy (non-hydrogen) atoms. The smallest absolute Gasteiger partial charge is 0.0885 e. The molecule has 5 heteroatoms. The van der Waals surface area contributed by atoms with E-state index in [4.69, 9.17) is 4.74 Å². The van der Waals surface area contributed by atoms with Gasteiger partial charge in [0.2, 0.25) is 0 Å². The van der Waals surface area contributed by atoms with E-state index < -0.39 is 0 Å². The lowest BCUT2D eigenvalue weighted by Gasteiger charge is -2.06. The van der Waals surface area contributed by atoms with Crippen molar-refractivity contribution in [3.05, 3.63) is 39.7 Å². The van der Waals surface area contributed by atoms with Gasteiger partial charge in [-0.2, -0.15) is 0 Å². The van der Waals surface area contributed by atoms with Gasteiger partial charge < -0.3 is 10.1 Å². The Morgan fingerprint density at radius 2 is 2.31 bits per heavy atom. The molecule has 1 N–H and O–H groups in total. The van der Waals surface area contributed by atoms with Crippen LogP contribution in [-0.2, 0) is 11.3 Å². The Kier molecular flexibility index (Phi) is 6.68. The van der Waals surface area contributed by atoms with Crippen LogP contribution in [0.15, 0.2) is 34.0 Å². The number of rotatable bonds is 7. The molecule has 0 spiro atoms. The lowest BCUT2D eigenvalue weighted by Crippen LogP contribution is -2.17. The van der Waals surface area contributed by atoms with Crippen molar-refractivity contribution in [1.82, 2.24) is 10.3 Å². The third-order valence-electron chi connectivity index (χ3n) is 1.91. The Labute approximate surface area is 113 Å². The summed E-state index contributed by atoms with van der Waals surface area (Å²) in [6.45, 7) is 5.84. The molecule has 0 aliphatic rings. The van der Waals surface area contributed by atoms with Gasteiger partial charge in [-0.3, -0.25) is 4.98 Å². The van der Waals surface area contributed by atoms with Crippen LogP contribution in [0, 0.1) is 0 Å². The second-order valence-electron chi connectivity index (χ2n) is 3.15. The van der Waals surface area contributed by atoms with Gasteiger partial charge >= 0.3 is 0 Å². The Morgan fingerprint density at radius 3 is 3.00 bits per heavy atom. The Hall–Kier alpha value is -0.390. The van der Waals surface area contributed by atoms with E-state index in [9.17, 15) is 0 Å². The van der Waals surface area contributed by atoms with Gasteiger partial charge in [0.25, 0.3) is 0 Å². The average Bonchev–Trinajstić information content (AvgIpc) is 2.26. The van der Waals surface area contributed by atoms with Crippen LogP contribution in [0.3, 0.4) is 0 Å². The van der Waals surface area contributed by atoms with Crippen LogP contribution in [0.5, 0.6) is 0 Å². The summed E-state index contributed by atoms with van der Waals surface area (Å²) in [7, 11) is 0. The number of hydrogen-bond acceptors (Lipinski definition) is 3. The van der Waals surface area contributed by atoms with Gasteiger partial charge in [-0.05, 0) is 50.9 Å². The molecule has 0 aliphatic heterocycles. The highest BCUT2D eigenvalue weighted by Crippen LogP contribution is 2.19. The lowest BCUT2D eigenvalue weighted by molar-refractivity contribution is 0.244. The Balaban J connectivity index is 2.24. The fraction of sp³-hybridized carbons (Fsp3) is 0.364. The third kappa shape index (κ3) is 5.09. The van der Waals surface area contributed by atoms with E-state index in [0.717, 1.165) is 34.1 Å². The molecule has 0 bridgehead atoms. The predicted molar refractivity (Wildman–Crippen MR) is 72.1 cm³/mol. The molecule has 0 aliphatic carbocycles. The summed E-state index contributed by atoms with van der Waals surface area (Å²) < 4.78 is 7.00. The fourth-order valence-electron chi connectivity index (χ4n) is 1.14. The fourth-order valence-corrected chi connectivity index (χ4v) is 2.27. The van der Waals surface area contributed by atoms with Crippen LogP contribution >= 0.6 is 31.9 Å². The molecule has 88 valence electrons. The molecule has 1 aromatic rings. The number of pyridine rings is 1. The summed E-state index contributed by atoms with van der Waals surface area (Å²) in [4.78, 5) is 4.31. The SMILES string of the molecule is C=COCCCNCc1ncc(Br)cc1Br. The monoisotopic (exact) mass is 348 g/mol. The van der Waals surface area contributed by atoms with Crippen LogP contribution in [0.1, 0.15) is 12.1 Å². The maximum Gasteiger partial charge on any atom is 0.0885 e. The summed E-state index contributed by atoms with van der Waals surface area (Å²) >= 11 is 6.84. The van der Waals surface area contributed by atoms with E-state index in [1.165, 1.54) is 6.26 Å². The first-order chi connectivity index (χ1) is 7.74. The van der Waals surface area contributed by atoms with E-state index in [1.54, 1.807) is 6.20 Å². The third-order valence-corrected chi connectivity index (χ3v) is 3.03. The second kappa shape index (κ2) is 7.81. The van der Waals surface area contributed by atoms with Crippen molar-refractivity contribution in [3.8, 4) is 0 Å². The summed E-state index contributed by atoms with van der Waals surface area (Å²) in [5, 5.41) is 3.30. The molecule has 0 aromatic carbocycles. The van der Waals surface area contributed by atoms with Crippen molar-refractivity contribution >= 4 is 31.9 Å². The molecule has 0 saturated carbocycles. The van der Waals surface area contributed by atoms with Crippen LogP contribution in [0.2, 0.25) is 0 Å². The summed E-state index contributed by atoms with van der Waals surface area (Å²) in [6.07, 6.45) is 4.22. The van der Waals surface area contributed by atoms with Crippen LogP contribution in [0.4, 0.5) is 0 Å². The zero-order valence-corrected chi connectivity index (χ0v) is 12.1. The molecule has 0 fully saturated rings. The van der Waals surface area contributed by atoms with Gasteiger partial charge in [0.15, 0.2) is 0 Å². The minimum Gasteiger partial charge on any atom is -0.502 e. The zero-order chi connectivity index (χ0) is 11.8. The first-order valence-electron chi connectivity index (χ1n) is 4.97. The van der Waals surface area contributed by atoms with Crippen molar-refractivity contribution in [2.75, 3.05) is 13.2 Å². The quantitative estimate of drug-likeness (QED) is 0.606. The molecule has 0 unspecified atom stereocenters. The number of nitrogens with one attached hydrogen (secondary N) is 1. The number of hydrogen-bond donors (Lipinski definition) is 1. The average molecular weight is 350 g/mol. The van der Waals surface area contributed by atoms with Gasteiger partial charge in [-0.25, -0.2) is 0 Å². The van der Waals surface area contributed by atoms with Gasteiger partial charge in [-0.1, -0.05) is 6.58 Å². The number of aromatic nitrogens is 1. The highest BCUT2D eigenvalue weighted by molar-refractivity contribution is 9.11. The normalized spacial score (nSPS) is 10.1. The van der Waals surface area contributed by atoms with E-state index in [-0.39, 0.29) is 0 Å². The number of ether oxygens (including phenoxy) is 1. The van der Waals surface area contributed by atoms with Gasteiger partial charge in [0.1, 0.15) is 0 Å². The van der Waals surface area contributed by atoms with Gasteiger partial charge in [-0.15, -0.1) is 0 Å². The number of nitrogens with zero attached hydrogens (tertiary/aromatic N) is 1. The van der Waals surface area contributed by atoms with E-state index in [1.807, 2.05) is 6.07 Å². The topological polar surface area (TPSA) is 34.1 Å². The number of halogens is 2. The van der Waals surface area contributed by atoms with Crippen molar-refractivity contribution < 1.29 is 4.74 Å². The summed E-state index contributed by atoms with van der Waals surface area (Å²) in [5.74, 6) is 0. The maximum absolute atomic E-state index is 5.02. The van der Waals surface area contributed by atoms with E-state index in [2.05, 4.69) is 48.7 Å². The molecule has 3 nitrogen and oxygen atoms in total. The molecule has 0 radical (unpaired) electrons. The predicted octanol–water partition coefficient (Wildman–Crippen LogP) is 3.25. The standard InChI is InChI=1S/C11H14Br2N2O/c1-2-16-5-3-4-14-8-11-10(13)6-9(12)7-15-11/h2,6-7,14H,1,3-5,8H2. The summed E-state index contributed by atoms with van der Waals surface area (Å²) in [5.41, 5.74) is 1.01. The molecule has 1 aromatic heterocycles. The molecular formula is C11H14Br2N2O. The maximum atomic E-state index is 5.02. The molecule has 0 amide bonds. The largest absolute Gasteiger partial charge is 0.502 e. The van der Waals surface area contributed by atoms with E-state index in [0.29, 0.717) is 6.61 Å². The van der Waals surface area contributed by atoms with E-state index >= 15 is 0 Å². The molecule has 1 rings (SSSR count). The lowest BCUT2D eigenvalue weighted by atomic mass is 10.3.